The minimum Gasteiger partial charge on any atom is -0.471 e. The first-order valence-corrected chi connectivity index (χ1v) is 6.93. The Labute approximate surface area is 117 Å². The summed E-state index contributed by atoms with van der Waals surface area (Å²) < 4.78 is 5.32. The maximum absolute atomic E-state index is 5.32. The van der Waals surface area contributed by atoms with Crippen LogP contribution in [0.5, 0.6) is 0 Å². The van der Waals surface area contributed by atoms with E-state index < -0.39 is 0 Å². The summed E-state index contributed by atoms with van der Waals surface area (Å²) in [7, 11) is 2.18. The van der Waals surface area contributed by atoms with E-state index in [0.717, 1.165) is 6.42 Å². The molecule has 1 aromatic heterocycles. The van der Waals surface area contributed by atoms with Crippen molar-refractivity contribution in [1.82, 2.24) is 0 Å². The highest BCUT2D eigenvalue weighted by molar-refractivity contribution is 5.93. The summed E-state index contributed by atoms with van der Waals surface area (Å²) in [6, 6.07) is 13.2. The summed E-state index contributed by atoms with van der Waals surface area (Å²) in [5, 5.41) is 2.37. The van der Waals surface area contributed by atoms with Crippen molar-refractivity contribution in [2.45, 2.75) is 12.6 Å². The van der Waals surface area contributed by atoms with Crippen molar-refractivity contribution in [2.75, 3.05) is 16.8 Å². The van der Waals surface area contributed by atoms with E-state index in [4.69, 9.17) is 4.42 Å². The van der Waals surface area contributed by atoms with Crippen LogP contribution in [0.2, 0.25) is 0 Å². The molecule has 0 aliphatic carbocycles. The predicted molar refractivity (Wildman–Crippen MR) is 80.7 cm³/mol. The zero-order valence-corrected chi connectivity index (χ0v) is 11.2. The van der Waals surface area contributed by atoms with E-state index in [9.17, 15) is 0 Å². The van der Waals surface area contributed by atoms with Crippen LogP contribution in [0.25, 0.3) is 10.8 Å². The zero-order valence-electron chi connectivity index (χ0n) is 11.2. The highest BCUT2D eigenvalue weighted by atomic mass is 16.3. The molecule has 2 aromatic carbocycles. The van der Waals surface area contributed by atoms with E-state index in [2.05, 4.69) is 53.2 Å². The highest BCUT2D eigenvalue weighted by Crippen LogP contribution is 2.50. The molecular weight excluding hydrogens is 248 g/mol. The molecule has 0 radical (unpaired) electrons. The Kier molecular flexibility index (Phi) is 1.75. The van der Waals surface area contributed by atoms with Crippen LogP contribution in [0.15, 0.2) is 53.3 Å². The summed E-state index contributed by atoms with van der Waals surface area (Å²) in [5.74, 6) is 0. The lowest BCUT2D eigenvalue weighted by Crippen LogP contribution is -2.35. The Balaban J connectivity index is 1.78. The number of likely N-dealkylation sites (N-methyl/N-ethyl adjacent to an activating group) is 1. The van der Waals surface area contributed by atoms with Crippen LogP contribution in [0.4, 0.5) is 17.1 Å². The molecule has 2 aliphatic heterocycles. The van der Waals surface area contributed by atoms with Gasteiger partial charge in [-0.3, -0.25) is 0 Å². The maximum Gasteiger partial charge on any atom is 0.110 e. The predicted octanol–water partition coefficient (Wildman–Crippen LogP) is 3.90. The van der Waals surface area contributed by atoms with Gasteiger partial charge >= 0.3 is 0 Å². The molecule has 1 unspecified atom stereocenters. The van der Waals surface area contributed by atoms with Gasteiger partial charge in [0.2, 0.25) is 0 Å². The zero-order chi connectivity index (χ0) is 13.3. The van der Waals surface area contributed by atoms with Gasteiger partial charge in [-0.15, -0.1) is 0 Å². The fourth-order valence-electron chi connectivity index (χ4n) is 3.62. The minimum absolute atomic E-state index is 0.408. The van der Waals surface area contributed by atoms with Crippen molar-refractivity contribution in [1.29, 1.82) is 0 Å². The lowest BCUT2D eigenvalue weighted by molar-refractivity contribution is 0.572. The van der Waals surface area contributed by atoms with Crippen molar-refractivity contribution in [3.05, 3.63) is 54.5 Å². The number of nitrogens with zero attached hydrogens (tertiary/aromatic N) is 2. The second kappa shape index (κ2) is 3.37. The van der Waals surface area contributed by atoms with Crippen LogP contribution in [0.3, 0.4) is 0 Å². The number of para-hydroxylation sites is 2. The fourth-order valence-corrected chi connectivity index (χ4v) is 3.62. The van der Waals surface area contributed by atoms with E-state index in [-0.39, 0.29) is 0 Å². The molecule has 0 spiro atoms. The molecule has 3 heterocycles. The molecule has 0 saturated heterocycles. The van der Waals surface area contributed by atoms with Gasteiger partial charge in [0.15, 0.2) is 0 Å². The summed E-state index contributed by atoms with van der Waals surface area (Å²) in [4.78, 5) is 4.83. The molecule has 0 saturated carbocycles. The third-order valence-corrected chi connectivity index (χ3v) is 4.60. The van der Waals surface area contributed by atoms with Gasteiger partial charge in [0.05, 0.1) is 23.9 Å². The van der Waals surface area contributed by atoms with Crippen molar-refractivity contribution in [2.24, 2.45) is 0 Å². The number of hydrogen-bond donors (Lipinski definition) is 0. The third-order valence-electron chi connectivity index (χ3n) is 4.60. The van der Waals surface area contributed by atoms with E-state index in [1.807, 2.05) is 12.5 Å². The van der Waals surface area contributed by atoms with E-state index >= 15 is 0 Å². The van der Waals surface area contributed by atoms with Gasteiger partial charge in [0.1, 0.15) is 6.17 Å². The number of hydrogen-bond acceptors (Lipinski definition) is 3. The first-order valence-electron chi connectivity index (χ1n) is 6.93. The van der Waals surface area contributed by atoms with Crippen molar-refractivity contribution < 1.29 is 4.42 Å². The van der Waals surface area contributed by atoms with Crippen LogP contribution in [-0.2, 0) is 6.42 Å². The average Bonchev–Trinajstić information content (AvgIpc) is 3.12. The smallest absolute Gasteiger partial charge is 0.110 e. The molecule has 3 aromatic rings. The largest absolute Gasteiger partial charge is 0.471 e. The summed E-state index contributed by atoms with van der Waals surface area (Å²) in [6.07, 6.45) is 5.12. The van der Waals surface area contributed by atoms with Gasteiger partial charge in [0, 0.05) is 29.9 Å². The van der Waals surface area contributed by atoms with Gasteiger partial charge in [-0.05, 0) is 29.8 Å². The first-order chi connectivity index (χ1) is 9.83. The molecule has 2 aliphatic rings. The van der Waals surface area contributed by atoms with E-state index in [0.29, 0.717) is 6.17 Å². The Morgan fingerprint density at radius 2 is 1.75 bits per heavy atom. The summed E-state index contributed by atoms with van der Waals surface area (Å²) in [6.45, 7) is 0. The Bertz CT molecular complexity index is 836. The number of furan rings is 1. The van der Waals surface area contributed by atoms with Crippen molar-refractivity contribution in [3.8, 4) is 0 Å². The monoisotopic (exact) mass is 262 g/mol. The number of rotatable bonds is 0. The van der Waals surface area contributed by atoms with E-state index in [1.54, 1.807) is 0 Å². The molecule has 0 N–H and O–H groups in total. The second-order valence-electron chi connectivity index (χ2n) is 5.64. The standard InChI is InChI=1S/C17H14N2O/c1-18-14-4-2-3-5-15(14)19-16-7-13-10-20-9-12(13)6-11(16)8-17(18)19/h2-7,9-10,17H,8H2,1H3. The van der Waals surface area contributed by atoms with Gasteiger partial charge in [-0.2, -0.15) is 0 Å². The quantitative estimate of drug-likeness (QED) is 0.612. The topological polar surface area (TPSA) is 19.6 Å². The summed E-state index contributed by atoms with van der Waals surface area (Å²) >= 11 is 0. The number of anilines is 3. The average molecular weight is 262 g/mol. The molecule has 20 heavy (non-hydrogen) atoms. The lowest BCUT2D eigenvalue weighted by Gasteiger charge is -2.23. The van der Waals surface area contributed by atoms with Crippen LogP contribution < -0.4 is 9.80 Å². The Morgan fingerprint density at radius 1 is 1.00 bits per heavy atom. The third kappa shape index (κ3) is 1.11. The Hall–Kier alpha value is -2.42. The molecule has 0 amide bonds. The van der Waals surface area contributed by atoms with Crippen LogP contribution in [-0.4, -0.2) is 13.2 Å². The molecule has 0 fully saturated rings. The molecular formula is C17H14N2O. The SMILES string of the molecule is CN1c2ccccc2N2c3cc4cocc4cc3CC12. The van der Waals surface area contributed by atoms with Gasteiger partial charge in [-0.25, -0.2) is 0 Å². The van der Waals surface area contributed by atoms with Gasteiger partial charge in [0.25, 0.3) is 0 Å². The lowest BCUT2D eigenvalue weighted by atomic mass is 10.1. The van der Waals surface area contributed by atoms with Crippen molar-refractivity contribution >= 4 is 27.8 Å². The molecule has 1 atom stereocenters. The van der Waals surface area contributed by atoms with Gasteiger partial charge in [-0.1, -0.05) is 12.1 Å². The van der Waals surface area contributed by atoms with Crippen LogP contribution in [0.1, 0.15) is 5.56 Å². The van der Waals surface area contributed by atoms with Crippen LogP contribution >= 0.6 is 0 Å². The van der Waals surface area contributed by atoms with Crippen molar-refractivity contribution in [3.63, 3.8) is 0 Å². The number of fused-ring (bicyclic) bond motifs is 6. The normalized spacial score (nSPS) is 19.4. The first kappa shape index (κ1) is 10.4. The highest BCUT2D eigenvalue weighted by Gasteiger charge is 2.40. The number of benzene rings is 2. The molecule has 3 nitrogen and oxygen atoms in total. The second-order valence-corrected chi connectivity index (χ2v) is 5.64. The van der Waals surface area contributed by atoms with Crippen LogP contribution in [0, 0.1) is 0 Å². The maximum atomic E-state index is 5.32. The summed E-state index contributed by atoms with van der Waals surface area (Å²) in [5.41, 5.74) is 5.35. The fraction of sp³-hybridized carbons (Fsp3) is 0.176. The minimum atomic E-state index is 0.408. The molecule has 3 heteroatoms. The molecule has 5 rings (SSSR count). The van der Waals surface area contributed by atoms with E-state index in [1.165, 1.54) is 33.4 Å². The molecule has 98 valence electrons. The molecule has 0 bridgehead atoms. The Morgan fingerprint density at radius 3 is 2.60 bits per heavy atom. The van der Waals surface area contributed by atoms with Gasteiger partial charge < -0.3 is 14.2 Å².